The van der Waals surface area contributed by atoms with Gasteiger partial charge in [0, 0.05) is 12.1 Å². The molecule has 0 atom stereocenters. The van der Waals surface area contributed by atoms with Crippen molar-refractivity contribution in [3.63, 3.8) is 0 Å². The molecule has 0 aliphatic heterocycles. The number of rotatable bonds is 7. The molecule has 4 nitrogen and oxygen atoms in total. The number of para-hydroxylation sites is 2. The maximum absolute atomic E-state index is 10.0. The summed E-state index contributed by atoms with van der Waals surface area (Å²) in [6.07, 6.45) is 0. The molecule has 2 N–H and O–H groups in total. The second-order valence-corrected chi connectivity index (χ2v) is 5.61. The van der Waals surface area contributed by atoms with Crippen LogP contribution in [0.4, 0.5) is 0 Å². The second kappa shape index (κ2) is 6.26. The van der Waals surface area contributed by atoms with Gasteiger partial charge in [0.25, 0.3) is 0 Å². The second-order valence-electron chi connectivity index (χ2n) is 5.61. The molecule has 19 heavy (non-hydrogen) atoms. The van der Waals surface area contributed by atoms with Crippen LogP contribution in [0.3, 0.4) is 0 Å². The first-order chi connectivity index (χ1) is 8.78. The molecule has 1 aromatic rings. The van der Waals surface area contributed by atoms with Gasteiger partial charge in [0.1, 0.15) is 6.61 Å². The first-order valence-corrected chi connectivity index (χ1v) is 6.51. The van der Waals surface area contributed by atoms with Gasteiger partial charge in [-0.1, -0.05) is 12.1 Å². The van der Waals surface area contributed by atoms with E-state index in [0.717, 1.165) is 11.5 Å². The van der Waals surface area contributed by atoms with E-state index in [1.54, 1.807) is 21.0 Å². The van der Waals surface area contributed by atoms with Gasteiger partial charge in [-0.25, -0.2) is 0 Å². The van der Waals surface area contributed by atoms with Crippen molar-refractivity contribution in [3.8, 4) is 11.5 Å². The summed E-state index contributed by atoms with van der Waals surface area (Å²) in [4.78, 5) is 0. The Kier molecular flexibility index (Phi) is 5.20. The molecule has 0 radical (unpaired) electrons. The van der Waals surface area contributed by atoms with Crippen LogP contribution in [-0.2, 0) is 0 Å². The zero-order chi connectivity index (χ0) is 14.5. The Labute approximate surface area is 115 Å². The molecule has 0 saturated heterocycles. The lowest BCUT2D eigenvalue weighted by atomic mass is 9.86. The maximum Gasteiger partial charge on any atom is 0.161 e. The number of hydrogen-bond acceptors (Lipinski definition) is 4. The van der Waals surface area contributed by atoms with Crippen LogP contribution in [0.1, 0.15) is 27.7 Å². The van der Waals surface area contributed by atoms with E-state index >= 15 is 0 Å². The molecule has 108 valence electrons. The summed E-state index contributed by atoms with van der Waals surface area (Å²) in [5, 5.41) is 13.3. The highest BCUT2D eigenvalue weighted by atomic mass is 16.5. The summed E-state index contributed by atoms with van der Waals surface area (Å²) < 4.78 is 10.9. The maximum atomic E-state index is 10.0. The Hall–Kier alpha value is -1.26. The van der Waals surface area contributed by atoms with Gasteiger partial charge >= 0.3 is 0 Å². The fraction of sp³-hybridized carbons (Fsp3) is 0.600. The van der Waals surface area contributed by atoms with E-state index < -0.39 is 5.60 Å². The van der Waals surface area contributed by atoms with Crippen LogP contribution in [0.2, 0.25) is 0 Å². The zero-order valence-electron chi connectivity index (χ0n) is 12.5. The summed E-state index contributed by atoms with van der Waals surface area (Å²) in [5.41, 5.74) is -1.17. The van der Waals surface area contributed by atoms with Crippen LogP contribution in [0, 0.1) is 0 Å². The van der Waals surface area contributed by atoms with Crippen LogP contribution in [0.25, 0.3) is 0 Å². The SMILES string of the molecule is COc1ccccc1OCCNC(C)(C)C(C)(C)O. The molecule has 0 heterocycles. The molecule has 4 heteroatoms. The summed E-state index contributed by atoms with van der Waals surface area (Å²) in [6, 6.07) is 7.55. The molecular weight excluding hydrogens is 242 g/mol. The van der Waals surface area contributed by atoms with E-state index in [1.165, 1.54) is 0 Å². The summed E-state index contributed by atoms with van der Waals surface area (Å²) in [5.74, 6) is 1.46. The Bertz CT molecular complexity index is 397. The summed E-state index contributed by atoms with van der Waals surface area (Å²) >= 11 is 0. The van der Waals surface area contributed by atoms with Gasteiger partial charge in [-0.05, 0) is 39.8 Å². The number of benzene rings is 1. The number of aliphatic hydroxyl groups is 1. The first-order valence-electron chi connectivity index (χ1n) is 6.51. The minimum absolute atomic E-state index is 0.378. The highest BCUT2D eigenvalue weighted by Crippen LogP contribution is 2.25. The third kappa shape index (κ3) is 4.40. The van der Waals surface area contributed by atoms with Crippen molar-refractivity contribution in [2.45, 2.75) is 38.8 Å². The lowest BCUT2D eigenvalue weighted by Crippen LogP contribution is -2.56. The molecule has 0 bridgehead atoms. The van der Waals surface area contributed by atoms with Crippen molar-refractivity contribution in [2.24, 2.45) is 0 Å². The minimum Gasteiger partial charge on any atom is -0.493 e. The molecule has 1 rings (SSSR count). The Morgan fingerprint density at radius 2 is 1.68 bits per heavy atom. The van der Waals surface area contributed by atoms with Crippen LogP contribution in [0.15, 0.2) is 24.3 Å². The predicted octanol–water partition coefficient (Wildman–Crippen LogP) is 2.21. The Balaban J connectivity index is 2.43. The van der Waals surface area contributed by atoms with Crippen molar-refractivity contribution < 1.29 is 14.6 Å². The molecular formula is C15H25NO3. The highest BCUT2D eigenvalue weighted by Gasteiger charge is 2.34. The van der Waals surface area contributed by atoms with Crippen molar-refractivity contribution in [1.82, 2.24) is 5.32 Å². The van der Waals surface area contributed by atoms with Gasteiger partial charge < -0.3 is 19.9 Å². The van der Waals surface area contributed by atoms with Crippen molar-refractivity contribution in [2.75, 3.05) is 20.3 Å². The summed E-state index contributed by atoms with van der Waals surface area (Å²) in [7, 11) is 1.62. The van der Waals surface area contributed by atoms with Gasteiger partial charge in [-0.3, -0.25) is 0 Å². The lowest BCUT2D eigenvalue weighted by molar-refractivity contribution is -0.00553. The van der Waals surface area contributed by atoms with Crippen molar-refractivity contribution in [3.05, 3.63) is 24.3 Å². The van der Waals surface area contributed by atoms with Gasteiger partial charge in [0.05, 0.1) is 12.7 Å². The molecule has 0 aliphatic rings. The van der Waals surface area contributed by atoms with Gasteiger partial charge in [-0.15, -0.1) is 0 Å². The average Bonchev–Trinajstić information content (AvgIpc) is 2.33. The van der Waals surface area contributed by atoms with Gasteiger partial charge in [0.15, 0.2) is 11.5 Å². The van der Waals surface area contributed by atoms with Crippen LogP contribution in [-0.4, -0.2) is 36.5 Å². The quantitative estimate of drug-likeness (QED) is 0.744. The lowest BCUT2D eigenvalue weighted by Gasteiger charge is -2.38. The molecule has 1 aromatic carbocycles. The highest BCUT2D eigenvalue weighted by molar-refractivity contribution is 5.39. The van der Waals surface area contributed by atoms with E-state index in [0.29, 0.717) is 13.2 Å². The van der Waals surface area contributed by atoms with Crippen molar-refractivity contribution in [1.29, 1.82) is 0 Å². The average molecular weight is 267 g/mol. The molecule has 0 amide bonds. The molecule has 0 aliphatic carbocycles. The topological polar surface area (TPSA) is 50.7 Å². The van der Waals surface area contributed by atoms with Gasteiger partial charge in [0.2, 0.25) is 0 Å². The van der Waals surface area contributed by atoms with E-state index in [4.69, 9.17) is 9.47 Å². The standard InChI is InChI=1S/C15H25NO3/c1-14(2,15(3,4)17)16-10-11-19-13-9-7-6-8-12(13)18-5/h6-9,16-17H,10-11H2,1-5H3. The summed E-state index contributed by atoms with van der Waals surface area (Å²) in [6.45, 7) is 8.68. The monoisotopic (exact) mass is 267 g/mol. The fourth-order valence-corrected chi connectivity index (χ4v) is 1.48. The van der Waals surface area contributed by atoms with E-state index in [1.807, 2.05) is 38.1 Å². The normalized spacial score (nSPS) is 12.3. The molecule has 0 spiro atoms. The molecule has 0 unspecified atom stereocenters. The van der Waals surface area contributed by atoms with E-state index in [2.05, 4.69) is 5.32 Å². The van der Waals surface area contributed by atoms with E-state index in [9.17, 15) is 5.11 Å². The minimum atomic E-state index is -0.794. The molecule has 0 aromatic heterocycles. The molecule has 0 fully saturated rings. The molecule has 0 saturated carbocycles. The number of hydrogen-bond donors (Lipinski definition) is 2. The Morgan fingerprint density at radius 3 is 2.21 bits per heavy atom. The fourth-order valence-electron chi connectivity index (χ4n) is 1.48. The Morgan fingerprint density at radius 1 is 1.11 bits per heavy atom. The van der Waals surface area contributed by atoms with Gasteiger partial charge in [-0.2, -0.15) is 0 Å². The smallest absolute Gasteiger partial charge is 0.161 e. The number of nitrogens with one attached hydrogen (secondary N) is 1. The largest absolute Gasteiger partial charge is 0.493 e. The van der Waals surface area contributed by atoms with E-state index in [-0.39, 0.29) is 5.54 Å². The third-order valence-corrected chi connectivity index (χ3v) is 3.53. The van der Waals surface area contributed by atoms with Crippen LogP contribution in [0.5, 0.6) is 11.5 Å². The third-order valence-electron chi connectivity index (χ3n) is 3.53. The zero-order valence-corrected chi connectivity index (χ0v) is 12.5. The number of ether oxygens (including phenoxy) is 2. The first kappa shape index (κ1) is 15.8. The van der Waals surface area contributed by atoms with Crippen LogP contribution < -0.4 is 14.8 Å². The number of methoxy groups -OCH3 is 1. The van der Waals surface area contributed by atoms with Crippen LogP contribution >= 0.6 is 0 Å². The van der Waals surface area contributed by atoms with Crippen molar-refractivity contribution >= 4 is 0 Å². The predicted molar refractivity (Wildman–Crippen MR) is 76.9 cm³/mol.